The minimum Gasteiger partial charge on any atom is -0.484 e. The monoisotopic (exact) mass is 399 g/mol. The van der Waals surface area contributed by atoms with Gasteiger partial charge in [0.25, 0.3) is 5.91 Å². The van der Waals surface area contributed by atoms with Crippen LogP contribution >= 0.6 is 11.6 Å². The van der Waals surface area contributed by atoms with Crippen molar-refractivity contribution in [2.24, 2.45) is 5.92 Å². The molecule has 5 nitrogen and oxygen atoms in total. The molecule has 0 N–H and O–H groups in total. The van der Waals surface area contributed by atoms with Gasteiger partial charge in [-0.15, -0.1) is 0 Å². The summed E-state index contributed by atoms with van der Waals surface area (Å²) in [5.74, 6) is 4.05. The zero-order valence-electron chi connectivity index (χ0n) is 15.6. The lowest BCUT2D eigenvalue weighted by molar-refractivity contribution is -0.135. The molecule has 0 aliphatic heterocycles. The van der Waals surface area contributed by atoms with Gasteiger partial charge < -0.3 is 18.5 Å². The molecule has 4 rings (SSSR count). The fourth-order valence-corrected chi connectivity index (χ4v) is 3.38. The average molecular weight is 400 g/mol. The van der Waals surface area contributed by atoms with E-state index in [-0.39, 0.29) is 12.5 Å². The van der Waals surface area contributed by atoms with Gasteiger partial charge >= 0.3 is 0 Å². The van der Waals surface area contributed by atoms with Crippen LogP contribution in [-0.4, -0.2) is 17.4 Å². The summed E-state index contributed by atoms with van der Waals surface area (Å²) in [6.07, 6.45) is 2.76. The summed E-state index contributed by atoms with van der Waals surface area (Å²) in [5.41, 5.74) is 0. The Morgan fingerprint density at radius 1 is 1.18 bits per heavy atom. The Hall–Kier alpha value is -2.66. The summed E-state index contributed by atoms with van der Waals surface area (Å²) in [6, 6.07) is 14.6. The van der Waals surface area contributed by atoms with Crippen LogP contribution < -0.4 is 4.74 Å². The molecule has 28 heavy (non-hydrogen) atoms. The Morgan fingerprint density at radius 2 is 2.00 bits per heavy atom. The predicted octanol–water partition coefficient (Wildman–Crippen LogP) is 5.26. The van der Waals surface area contributed by atoms with Gasteiger partial charge in [0.15, 0.2) is 6.61 Å². The van der Waals surface area contributed by atoms with Gasteiger partial charge in [0.2, 0.25) is 0 Å². The van der Waals surface area contributed by atoms with E-state index >= 15 is 0 Å². The molecule has 0 saturated heterocycles. The molecule has 2 heterocycles. The van der Waals surface area contributed by atoms with Gasteiger partial charge in [0.1, 0.15) is 23.0 Å². The van der Waals surface area contributed by atoms with Crippen molar-refractivity contribution in [3.8, 4) is 5.75 Å². The smallest absolute Gasteiger partial charge is 0.261 e. The number of carbonyl (C=O) groups is 1. The Balaban J connectivity index is 1.43. The third-order valence-electron chi connectivity index (χ3n) is 4.94. The van der Waals surface area contributed by atoms with E-state index in [1.54, 1.807) is 41.5 Å². The van der Waals surface area contributed by atoms with Gasteiger partial charge in [-0.2, -0.15) is 0 Å². The number of rotatable bonds is 8. The minimum absolute atomic E-state index is 0.0890. The Bertz CT molecular complexity index is 934. The van der Waals surface area contributed by atoms with E-state index in [1.807, 2.05) is 18.2 Å². The molecule has 1 saturated carbocycles. The standard InChI is InChI=1S/C22H22ClNO4/c1-15-10-20(15)21-8-7-19(28-21)13-24(12-18-6-3-9-26-18)22(25)14-27-17-5-2-4-16(23)11-17/h2-9,11,15,20H,10,12-14H2,1H3. The zero-order chi connectivity index (χ0) is 19.5. The van der Waals surface area contributed by atoms with Crippen molar-refractivity contribution >= 4 is 17.5 Å². The van der Waals surface area contributed by atoms with Crippen molar-refractivity contribution in [1.29, 1.82) is 0 Å². The van der Waals surface area contributed by atoms with Crippen molar-refractivity contribution in [3.05, 3.63) is 77.1 Å². The van der Waals surface area contributed by atoms with Crippen molar-refractivity contribution < 1.29 is 18.4 Å². The predicted molar refractivity (Wildman–Crippen MR) is 105 cm³/mol. The SMILES string of the molecule is CC1CC1c1ccc(CN(Cc2ccco2)C(=O)COc2cccc(Cl)c2)o1. The number of hydrogen-bond donors (Lipinski definition) is 0. The molecule has 2 unspecified atom stereocenters. The lowest BCUT2D eigenvalue weighted by atomic mass is 10.3. The molecule has 1 aromatic carbocycles. The molecule has 2 atom stereocenters. The first-order valence-corrected chi connectivity index (χ1v) is 9.73. The summed E-state index contributed by atoms with van der Waals surface area (Å²) < 4.78 is 17.0. The number of furan rings is 2. The van der Waals surface area contributed by atoms with Gasteiger partial charge in [-0.3, -0.25) is 4.79 Å². The van der Waals surface area contributed by atoms with Crippen molar-refractivity contribution in [2.75, 3.05) is 6.61 Å². The third-order valence-corrected chi connectivity index (χ3v) is 5.18. The summed E-state index contributed by atoms with van der Waals surface area (Å²) in [6.45, 7) is 2.83. The molecule has 6 heteroatoms. The highest BCUT2D eigenvalue weighted by molar-refractivity contribution is 6.30. The summed E-state index contributed by atoms with van der Waals surface area (Å²) in [4.78, 5) is 14.5. The maximum Gasteiger partial charge on any atom is 0.261 e. The van der Waals surface area contributed by atoms with E-state index in [1.165, 1.54) is 0 Å². The largest absolute Gasteiger partial charge is 0.484 e. The number of hydrogen-bond acceptors (Lipinski definition) is 4. The maximum atomic E-state index is 12.8. The van der Waals surface area contributed by atoms with Crippen LogP contribution in [0.4, 0.5) is 0 Å². The molecule has 0 spiro atoms. The second-order valence-electron chi connectivity index (χ2n) is 7.20. The molecule has 1 aliphatic carbocycles. The maximum absolute atomic E-state index is 12.8. The van der Waals surface area contributed by atoms with E-state index in [4.69, 9.17) is 25.2 Å². The highest BCUT2D eigenvalue weighted by Crippen LogP contribution is 2.47. The van der Waals surface area contributed by atoms with Crippen LogP contribution in [0, 0.1) is 5.92 Å². The molecular formula is C22H22ClNO4. The number of amides is 1. The Labute approximate surface area is 168 Å². The van der Waals surface area contributed by atoms with E-state index < -0.39 is 0 Å². The van der Waals surface area contributed by atoms with Gasteiger partial charge in [0, 0.05) is 10.9 Å². The van der Waals surface area contributed by atoms with Gasteiger partial charge in [0.05, 0.1) is 19.4 Å². The molecule has 0 radical (unpaired) electrons. The average Bonchev–Trinajstić information content (AvgIpc) is 3.06. The van der Waals surface area contributed by atoms with Crippen molar-refractivity contribution in [2.45, 2.75) is 32.4 Å². The van der Waals surface area contributed by atoms with Gasteiger partial charge in [-0.05, 0) is 54.8 Å². The zero-order valence-corrected chi connectivity index (χ0v) is 16.4. The van der Waals surface area contributed by atoms with E-state index in [0.29, 0.717) is 41.5 Å². The van der Waals surface area contributed by atoms with Crippen LogP contribution in [0.1, 0.15) is 36.5 Å². The fourth-order valence-electron chi connectivity index (χ4n) is 3.20. The van der Waals surface area contributed by atoms with Crippen molar-refractivity contribution in [1.82, 2.24) is 4.90 Å². The first-order chi connectivity index (χ1) is 13.6. The van der Waals surface area contributed by atoms with Crippen LogP contribution in [-0.2, 0) is 17.9 Å². The summed E-state index contributed by atoms with van der Waals surface area (Å²) >= 11 is 5.97. The molecule has 2 aromatic heterocycles. The second kappa shape index (κ2) is 8.15. The third kappa shape index (κ3) is 4.60. The number of carbonyl (C=O) groups excluding carboxylic acids is 1. The van der Waals surface area contributed by atoms with Crippen molar-refractivity contribution in [3.63, 3.8) is 0 Å². The Morgan fingerprint density at radius 3 is 2.71 bits per heavy atom. The number of benzene rings is 1. The first kappa shape index (κ1) is 18.7. The van der Waals surface area contributed by atoms with E-state index in [0.717, 1.165) is 17.9 Å². The summed E-state index contributed by atoms with van der Waals surface area (Å²) in [5, 5.41) is 0.565. The lowest BCUT2D eigenvalue weighted by Gasteiger charge is -2.21. The quantitative estimate of drug-likeness (QED) is 0.518. The minimum atomic E-state index is -0.158. The molecule has 1 amide bonds. The molecule has 146 valence electrons. The van der Waals surface area contributed by atoms with Crippen LogP contribution in [0.5, 0.6) is 5.75 Å². The van der Waals surface area contributed by atoms with Gasteiger partial charge in [-0.25, -0.2) is 0 Å². The molecular weight excluding hydrogens is 378 g/mol. The molecule has 3 aromatic rings. The number of ether oxygens (including phenoxy) is 1. The van der Waals surface area contributed by atoms with Crippen LogP contribution in [0.2, 0.25) is 5.02 Å². The lowest BCUT2D eigenvalue weighted by Crippen LogP contribution is -2.33. The molecule has 1 fully saturated rings. The van der Waals surface area contributed by atoms with Crippen LogP contribution in [0.15, 0.2) is 63.6 Å². The molecule has 0 bridgehead atoms. The Kier molecular flexibility index (Phi) is 5.44. The topological polar surface area (TPSA) is 55.8 Å². The van der Waals surface area contributed by atoms with Crippen LogP contribution in [0.25, 0.3) is 0 Å². The molecule has 1 aliphatic rings. The number of nitrogens with zero attached hydrogens (tertiary/aromatic N) is 1. The normalized spacial score (nSPS) is 18.1. The van der Waals surface area contributed by atoms with Gasteiger partial charge in [-0.1, -0.05) is 24.6 Å². The number of halogens is 1. The van der Waals surface area contributed by atoms with Crippen LogP contribution in [0.3, 0.4) is 0 Å². The highest BCUT2D eigenvalue weighted by Gasteiger charge is 2.36. The fraction of sp³-hybridized carbons (Fsp3) is 0.318. The first-order valence-electron chi connectivity index (χ1n) is 9.35. The van der Waals surface area contributed by atoms with E-state index in [9.17, 15) is 4.79 Å². The highest BCUT2D eigenvalue weighted by atomic mass is 35.5. The van der Waals surface area contributed by atoms with E-state index in [2.05, 4.69) is 6.92 Å². The second-order valence-corrected chi connectivity index (χ2v) is 7.64. The summed E-state index contributed by atoms with van der Waals surface area (Å²) in [7, 11) is 0.